The maximum absolute atomic E-state index is 12.6. The predicted octanol–water partition coefficient (Wildman–Crippen LogP) is 2.26. The van der Waals surface area contributed by atoms with E-state index in [1.807, 2.05) is 30.9 Å². The molecule has 1 aliphatic heterocycles. The second kappa shape index (κ2) is 4.73. The second-order valence-corrected chi connectivity index (χ2v) is 5.58. The molecule has 0 aromatic heterocycles. The maximum Gasteiger partial charge on any atom is 0.254 e. The molecule has 0 aliphatic carbocycles. The summed E-state index contributed by atoms with van der Waals surface area (Å²) in [6, 6.07) is 5.99. The molecule has 1 saturated heterocycles. The number of carbonyl (C=O) groups is 1. The first-order valence-electron chi connectivity index (χ1n) is 6.57. The highest BCUT2D eigenvalue weighted by Gasteiger charge is 2.38. The molecule has 1 aromatic carbocycles. The van der Waals surface area contributed by atoms with Crippen LogP contribution in [-0.2, 0) is 0 Å². The van der Waals surface area contributed by atoms with Crippen molar-refractivity contribution in [3.63, 3.8) is 0 Å². The smallest absolute Gasteiger partial charge is 0.254 e. The van der Waals surface area contributed by atoms with Gasteiger partial charge < -0.3 is 10.6 Å². The summed E-state index contributed by atoms with van der Waals surface area (Å²) in [6.45, 7) is 7.47. The molecule has 2 N–H and O–H groups in total. The van der Waals surface area contributed by atoms with E-state index in [1.165, 1.54) is 5.56 Å². The van der Waals surface area contributed by atoms with Crippen LogP contribution in [0.3, 0.4) is 0 Å². The van der Waals surface area contributed by atoms with Crippen LogP contribution < -0.4 is 5.73 Å². The molecule has 0 radical (unpaired) electrons. The van der Waals surface area contributed by atoms with Crippen LogP contribution in [0.5, 0.6) is 0 Å². The fraction of sp³-hybridized carbons (Fsp3) is 0.533. The summed E-state index contributed by atoms with van der Waals surface area (Å²) in [5.41, 5.74) is 8.71. The molecule has 0 bridgehead atoms. The molecule has 1 amide bonds. The average molecular weight is 246 g/mol. The topological polar surface area (TPSA) is 46.3 Å². The Morgan fingerprint density at radius 3 is 2.78 bits per heavy atom. The van der Waals surface area contributed by atoms with Gasteiger partial charge in [-0.2, -0.15) is 0 Å². The monoisotopic (exact) mass is 246 g/mol. The molecule has 0 saturated carbocycles. The summed E-state index contributed by atoms with van der Waals surface area (Å²) in [4.78, 5) is 14.6. The van der Waals surface area contributed by atoms with Gasteiger partial charge in [0, 0.05) is 18.7 Å². The zero-order valence-corrected chi connectivity index (χ0v) is 11.5. The first kappa shape index (κ1) is 13.1. The van der Waals surface area contributed by atoms with E-state index in [0.29, 0.717) is 6.54 Å². The number of hydrogen-bond acceptors (Lipinski definition) is 2. The number of nitrogens with two attached hydrogens (primary N) is 1. The molecule has 0 spiro atoms. The molecule has 3 nitrogen and oxygen atoms in total. The van der Waals surface area contributed by atoms with Crippen molar-refractivity contribution in [2.45, 2.75) is 39.2 Å². The van der Waals surface area contributed by atoms with Gasteiger partial charge in [-0.15, -0.1) is 0 Å². The first-order valence-corrected chi connectivity index (χ1v) is 6.57. The van der Waals surface area contributed by atoms with Crippen LogP contribution in [0.25, 0.3) is 0 Å². The van der Waals surface area contributed by atoms with E-state index in [-0.39, 0.29) is 11.4 Å². The van der Waals surface area contributed by atoms with Crippen LogP contribution in [-0.4, -0.2) is 29.4 Å². The number of amides is 1. The molecule has 1 atom stereocenters. The third-order valence-electron chi connectivity index (χ3n) is 4.05. The van der Waals surface area contributed by atoms with Crippen molar-refractivity contribution in [1.29, 1.82) is 0 Å². The molecule has 2 rings (SSSR count). The van der Waals surface area contributed by atoms with E-state index >= 15 is 0 Å². The summed E-state index contributed by atoms with van der Waals surface area (Å²) in [6.07, 6.45) is 2.05. The van der Waals surface area contributed by atoms with Gasteiger partial charge in [0.2, 0.25) is 0 Å². The Labute approximate surface area is 109 Å². The lowest BCUT2D eigenvalue weighted by Gasteiger charge is -2.34. The molecule has 3 heteroatoms. The van der Waals surface area contributed by atoms with Crippen molar-refractivity contribution >= 4 is 5.91 Å². The van der Waals surface area contributed by atoms with E-state index in [9.17, 15) is 4.79 Å². The van der Waals surface area contributed by atoms with Crippen LogP contribution in [0.15, 0.2) is 18.2 Å². The Bertz CT molecular complexity index is 470. The number of rotatable bonds is 2. The number of aryl methyl sites for hydroxylation is 2. The fourth-order valence-electron chi connectivity index (χ4n) is 2.78. The molecule has 98 valence electrons. The Hall–Kier alpha value is -1.35. The molecule has 1 heterocycles. The lowest BCUT2D eigenvalue weighted by Crippen LogP contribution is -2.50. The minimum Gasteiger partial charge on any atom is -0.332 e. The summed E-state index contributed by atoms with van der Waals surface area (Å²) in [7, 11) is 0. The summed E-state index contributed by atoms with van der Waals surface area (Å²) >= 11 is 0. The highest BCUT2D eigenvalue weighted by molar-refractivity contribution is 5.96. The number of hydrogen-bond donors (Lipinski definition) is 1. The minimum absolute atomic E-state index is 0.123. The fourth-order valence-corrected chi connectivity index (χ4v) is 2.78. The van der Waals surface area contributed by atoms with Gasteiger partial charge in [0.15, 0.2) is 0 Å². The molecule has 1 aliphatic rings. The molecular weight excluding hydrogens is 224 g/mol. The molecule has 1 unspecified atom stereocenters. The minimum atomic E-state index is -0.172. The normalized spacial score (nSPS) is 23.4. The molecular formula is C15H22N2O. The summed E-state index contributed by atoms with van der Waals surface area (Å²) < 4.78 is 0. The number of likely N-dealkylation sites (tertiary alicyclic amines) is 1. The average Bonchev–Trinajstić information content (AvgIpc) is 2.71. The highest BCUT2D eigenvalue weighted by Crippen LogP contribution is 2.30. The van der Waals surface area contributed by atoms with E-state index in [4.69, 9.17) is 5.73 Å². The van der Waals surface area contributed by atoms with Crippen LogP contribution in [0.2, 0.25) is 0 Å². The van der Waals surface area contributed by atoms with Gasteiger partial charge in [-0.05, 0) is 45.2 Å². The SMILES string of the molecule is Cc1ccc(C(=O)N2CCCC2(C)CN)c(C)c1. The van der Waals surface area contributed by atoms with Gasteiger partial charge in [0.1, 0.15) is 0 Å². The number of benzene rings is 1. The lowest BCUT2D eigenvalue weighted by molar-refractivity contribution is 0.0636. The first-order chi connectivity index (χ1) is 8.48. The molecule has 18 heavy (non-hydrogen) atoms. The highest BCUT2D eigenvalue weighted by atomic mass is 16.2. The standard InChI is InChI=1S/C15H22N2O/c1-11-5-6-13(12(2)9-11)14(18)17-8-4-7-15(17,3)10-16/h5-6,9H,4,7-8,10,16H2,1-3H3. The van der Waals surface area contributed by atoms with Crippen molar-refractivity contribution in [2.24, 2.45) is 5.73 Å². The zero-order chi connectivity index (χ0) is 13.3. The summed E-state index contributed by atoms with van der Waals surface area (Å²) in [5, 5.41) is 0. The van der Waals surface area contributed by atoms with E-state index in [2.05, 4.69) is 13.0 Å². The lowest BCUT2D eigenvalue weighted by atomic mass is 9.97. The quantitative estimate of drug-likeness (QED) is 0.870. The van der Waals surface area contributed by atoms with Crippen LogP contribution in [0.4, 0.5) is 0 Å². The summed E-state index contributed by atoms with van der Waals surface area (Å²) in [5.74, 6) is 0.123. The molecule has 1 aromatic rings. The van der Waals surface area contributed by atoms with E-state index < -0.39 is 0 Å². The number of carbonyl (C=O) groups excluding carboxylic acids is 1. The van der Waals surface area contributed by atoms with Crippen molar-refractivity contribution in [3.05, 3.63) is 34.9 Å². The Morgan fingerprint density at radius 2 is 2.17 bits per heavy atom. The third kappa shape index (κ3) is 2.15. The van der Waals surface area contributed by atoms with Gasteiger partial charge in [-0.1, -0.05) is 17.7 Å². The van der Waals surface area contributed by atoms with Crippen molar-refractivity contribution in [3.8, 4) is 0 Å². The molecule has 1 fully saturated rings. The van der Waals surface area contributed by atoms with Crippen LogP contribution >= 0.6 is 0 Å². The van der Waals surface area contributed by atoms with E-state index in [0.717, 1.165) is 30.5 Å². The zero-order valence-electron chi connectivity index (χ0n) is 11.5. The second-order valence-electron chi connectivity index (χ2n) is 5.58. The van der Waals surface area contributed by atoms with Crippen molar-refractivity contribution in [1.82, 2.24) is 4.90 Å². The largest absolute Gasteiger partial charge is 0.332 e. The van der Waals surface area contributed by atoms with Crippen molar-refractivity contribution < 1.29 is 4.79 Å². The van der Waals surface area contributed by atoms with Gasteiger partial charge in [0.25, 0.3) is 5.91 Å². The van der Waals surface area contributed by atoms with Crippen LogP contribution in [0, 0.1) is 13.8 Å². The predicted molar refractivity (Wildman–Crippen MR) is 73.6 cm³/mol. The van der Waals surface area contributed by atoms with Gasteiger partial charge in [0.05, 0.1) is 5.54 Å². The Balaban J connectivity index is 2.31. The Morgan fingerprint density at radius 1 is 1.44 bits per heavy atom. The van der Waals surface area contributed by atoms with Gasteiger partial charge in [-0.25, -0.2) is 0 Å². The maximum atomic E-state index is 12.6. The Kier molecular flexibility index (Phi) is 3.44. The van der Waals surface area contributed by atoms with Gasteiger partial charge >= 0.3 is 0 Å². The van der Waals surface area contributed by atoms with E-state index in [1.54, 1.807) is 0 Å². The third-order valence-corrected chi connectivity index (χ3v) is 4.05. The van der Waals surface area contributed by atoms with Crippen LogP contribution in [0.1, 0.15) is 41.3 Å². The number of nitrogens with zero attached hydrogens (tertiary/aromatic N) is 1. The van der Waals surface area contributed by atoms with Crippen molar-refractivity contribution in [2.75, 3.05) is 13.1 Å². The van der Waals surface area contributed by atoms with Gasteiger partial charge in [-0.3, -0.25) is 4.79 Å².